The van der Waals surface area contributed by atoms with Crippen LogP contribution in [0.15, 0.2) is 11.1 Å². The van der Waals surface area contributed by atoms with Crippen LogP contribution in [0.3, 0.4) is 0 Å². The van der Waals surface area contributed by atoms with E-state index in [-0.39, 0.29) is 39.9 Å². The van der Waals surface area contributed by atoms with E-state index in [4.69, 9.17) is 5.73 Å². The minimum atomic E-state index is -0.272. The molecule has 1 saturated heterocycles. The zero-order chi connectivity index (χ0) is 15.1. The van der Waals surface area contributed by atoms with E-state index < -0.39 is 0 Å². The smallest absolute Gasteiger partial charge is 0.231 e. The van der Waals surface area contributed by atoms with Gasteiger partial charge in [0.1, 0.15) is 0 Å². The second-order valence-electron chi connectivity index (χ2n) is 7.33. The van der Waals surface area contributed by atoms with E-state index in [9.17, 15) is 9.59 Å². The summed E-state index contributed by atoms with van der Waals surface area (Å²) in [5.74, 6) is -0.664. The second-order valence-corrected chi connectivity index (χ2v) is 7.33. The van der Waals surface area contributed by atoms with Gasteiger partial charge in [-0.3, -0.25) is 14.9 Å². The molecule has 1 saturated carbocycles. The van der Waals surface area contributed by atoms with Crippen LogP contribution in [0.4, 0.5) is 0 Å². The van der Waals surface area contributed by atoms with Gasteiger partial charge in [-0.2, -0.15) is 0 Å². The first kappa shape index (κ1) is 13.8. The first-order valence-corrected chi connectivity index (χ1v) is 7.41. The van der Waals surface area contributed by atoms with Crippen molar-refractivity contribution in [3.63, 3.8) is 0 Å². The first-order valence-electron chi connectivity index (χ1n) is 7.41. The predicted molar refractivity (Wildman–Crippen MR) is 76.5 cm³/mol. The molecule has 2 aliphatic carbocycles. The van der Waals surface area contributed by atoms with Crippen molar-refractivity contribution in [2.45, 2.75) is 41.0 Å². The molecule has 2 amide bonds. The Morgan fingerprint density at radius 1 is 1.00 bits per heavy atom. The summed E-state index contributed by atoms with van der Waals surface area (Å²) in [6.07, 6.45) is 0.836. The SMILES string of the molecule is CC1=C(C)C2(C)C3C(=O)NC(=O)C3C1(C)C2(C)CCN. The van der Waals surface area contributed by atoms with Crippen molar-refractivity contribution in [3.05, 3.63) is 11.1 Å². The summed E-state index contributed by atoms with van der Waals surface area (Å²) in [6, 6.07) is 0. The molecule has 0 aromatic rings. The molecule has 4 nitrogen and oxygen atoms in total. The van der Waals surface area contributed by atoms with Crippen molar-refractivity contribution in [2.75, 3.05) is 6.54 Å². The Morgan fingerprint density at radius 2 is 1.40 bits per heavy atom. The minimum Gasteiger partial charge on any atom is -0.330 e. The third-order valence-corrected chi connectivity index (χ3v) is 7.45. The van der Waals surface area contributed by atoms with Gasteiger partial charge in [0, 0.05) is 10.8 Å². The molecule has 1 aliphatic heterocycles. The van der Waals surface area contributed by atoms with Crippen LogP contribution < -0.4 is 11.1 Å². The average Bonchev–Trinajstić information content (AvgIpc) is 2.79. The van der Waals surface area contributed by atoms with Gasteiger partial charge in [0.25, 0.3) is 0 Å². The van der Waals surface area contributed by atoms with Crippen molar-refractivity contribution in [2.24, 2.45) is 33.8 Å². The van der Waals surface area contributed by atoms with E-state index in [1.807, 2.05) is 0 Å². The Hall–Kier alpha value is -1.16. The van der Waals surface area contributed by atoms with Gasteiger partial charge >= 0.3 is 0 Å². The highest BCUT2D eigenvalue weighted by Crippen LogP contribution is 2.79. The van der Waals surface area contributed by atoms with E-state index in [0.29, 0.717) is 6.54 Å². The largest absolute Gasteiger partial charge is 0.330 e. The number of carbonyl (C=O) groups excluding carboxylic acids is 2. The number of fused-ring (bicyclic) bond motifs is 5. The molecule has 0 aromatic carbocycles. The van der Waals surface area contributed by atoms with Gasteiger partial charge in [-0.25, -0.2) is 0 Å². The fourth-order valence-electron chi connectivity index (χ4n) is 5.88. The minimum absolute atomic E-state index is 0.0960. The number of nitrogens with two attached hydrogens (primary N) is 1. The van der Waals surface area contributed by atoms with Gasteiger partial charge in [-0.15, -0.1) is 0 Å². The van der Waals surface area contributed by atoms with Crippen LogP contribution in [0.1, 0.15) is 41.0 Å². The third-order valence-electron chi connectivity index (χ3n) is 7.45. The number of nitrogens with one attached hydrogen (secondary N) is 1. The normalized spacial score (nSPS) is 49.9. The monoisotopic (exact) mass is 276 g/mol. The fraction of sp³-hybridized carbons (Fsp3) is 0.750. The predicted octanol–water partition coefficient (Wildman–Crippen LogP) is 1.61. The number of hydrogen-bond donors (Lipinski definition) is 2. The maximum Gasteiger partial charge on any atom is 0.231 e. The summed E-state index contributed by atoms with van der Waals surface area (Å²) < 4.78 is 0. The average molecular weight is 276 g/mol. The third kappa shape index (κ3) is 1.01. The van der Waals surface area contributed by atoms with Gasteiger partial charge in [0.05, 0.1) is 11.8 Å². The number of carbonyl (C=O) groups is 2. The molecule has 0 radical (unpaired) electrons. The van der Waals surface area contributed by atoms with Crippen LogP contribution in [0, 0.1) is 28.1 Å². The van der Waals surface area contributed by atoms with Crippen LogP contribution in [-0.4, -0.2) is 18.4 Å². The van der Waals surface area contributed by atoms with Gasteiger partial charge in [-0.1, -0.05) is 31.9 Å². The van der Waals surface area contributed by atoms with Crippen molar-refractivity contribution >= 4 is 11.8 Å². The lowest BCUT2D eigenvalue weighted by Gasteiger charge is -2.46. The highest BCUT2D eigenvalue weighted by Gasteiger charge is 2.79. The van der Waals surface area contributed by atoms with Crippen LogP contribution in [0.25, 0.3) is 0 Å². The van der Waals surface area contributed by atoms with Crippen LogP contribution >= 0.6 is 0 Å². The van der Waals surface area contributed by atoms with Crippen molar-refractivity contribution in [3.8, 4) is 0 Å². The summed E-state index contributed by atoms with van der Waals surface area (Å²) in [6.45, 7) is 11.4. The van der Waals surface area contributed by atoms with E-state index in [1.54, 1.807) is 0 Å². The molecule has 110 valence electrons. The van der Waals surface area contributed by atoms with Crippen molar-refractivity contribution in [1.29, 1.82) is 0 Å². The summed E-state index contributed by atoms with van der Waals surface area (Å²) in [5, 5.41) is 2.56. The molecule has 20 heavy (non-hydrogen) atoms. The molecule has 2 fully saturated rings. The fourth-order valence-corrected chi connectivity index (χ4v) is 5.88. The number of rotatable bonds is 2. The zero-order valence-corrected chi connectivity index (χ0v) is 13.0. The molecule has 2 bridgehead atoms. The number of imide groups is 1. The van der Waals surface area contributed by atoms with E-state index in [2.05, 4.69) is 39.9 Å². The summed E-state index contributed by atoms with van der Waals surface area (Å²) >= 11 is 0. The molecule has 0 spiro atoms. The first-order chi connectivity index (χ1) is 9.17. The van der Waals surface area contributed by atoms with Crippen molar-refractivity contribution < 1.29 is 9.59 Å². The highest BCUT2D eigenvalue weighted by atomic mass is 16.2. The Morgan fingerprint density at radius 3 is 1.75 bits per heavy atom. The Bertz CT molecular complexity index is 523. The lowest BCUT2D eigenvalue weighted by molar-refractivity contribution is -0.129. The maximum absolute atomic E-state index is 12.4. The summed E-state index contributed by atoms with van der Waals surface area (Å²) in [5.41, 5.74) is 7.75. The van der Waals surface area contributed by atoms with E-state index >= 15 is 0 Å². The molecule has 3 N–H and O–H groups in total. The topological polar surface area (TPSA) is 72.2 Å². The number of amides is 2. The number of allylic oxidation sites excluding steroid dienone is 2. The van der Waals surface area contributed by atoms with Crippen LogP contribution in [0.2, 0.25) is 0 Å². The van der Waals surface area contributed by atoms with E-state index in [0.717, 1.165) is 6.42 Å². The van der Waals surface area contributed by atoms with Gasteiger partial charge < -0.3 is 5.73 Å². The lowest BCUT2D eigenvalue weighted by atomic mass is 9.58. The quantitative estimate of drug-likeness (QED) is 0.594. The molecule has 3 rings (SSSR count). The zero-order valence-electron chi connectivity index (χ0n) is 13.0. The Labute approximate surface area is 120 Å². The summed E-state index contributed by atoms with van der Waals surface area (Å²) in [7, 11) is 0. The highest BCUT2D eigenvalue weighted by molar-refractivity contribution is 6.07. The van der Waals surface area contributed by atoms with Gasteiger partial charge in [0.2, 0.25) is 11.8 Å². The summed E-state index contributed by atoms with van der Waals surface area (Å²) in [4.78, 5) is 24.7. The molecular weight excluding hydrogens is 252 g/mol. The maximum atomic E-state index is 12.4. The Kier molecular flexibility index (Phi) is 2.44. The molecule has 1 heterocycles. The Balaban J connectivity index is 2.32. The van der Waals surface area contributed by atoms with Crippen LogP contribution in [-0.2, 0) is 9.59 Å². The molecule has 4 atom stereocenters. The standard InChI is InChI=1S/C16H24N2O2/c1-8-9(2)16(5)11-10(12(19)18-13(11)20)15(8,4)14(16,3)6-7-17/h10-11H,6-7,17H2,1-5H3,(H,18,19,20). The van der Waals surface area contributed by atoms with Gasteiger partial charge in [0.15, 0.2) is 0 Å². The molecule has 4 heteroatoms. The lowest BCUT2D eigenvalue weighted by Crippen LogP contribution is -2.45. The molecule has 3 aliphatic rings. The second kappa shape index (κ2) is 3.53. The van der Waals surface area contributed by atoms with Crippen LogP contribution in [0.5, 0.6) is 0 Å². The molecule has 4 unspecified atom stereocenters. The molecular formula is C16H24N2O2. The molecule has 0 aromatic heterocycles. The van der Waals surface area contributed by atoms with Gasteiger partial charge in [-0.05, 0) is 32.2 Å². The van der Waals surface area contributed by atoms with Crippen molar-refractivity contribution in [1.82, 2.24) is 5.32 Å². The van der Waals surface area contributed by atoms with E-state index in [1.165, 1.54) is 11.1 Å². The number of hydrogen-bond acceptors (Lipinski definition) is 3.